The van der Waals surface area contributed by atoms with Crippen LogP contribution in [0.15, 0.2) is 24.5 Å². The number of nitrogens with one attached hydrogen (secondary N) is 1. The summed E-state index contributed by atoms with van der Waals surface area (Å²) in [6.45, 7) is 3.72. The number of hydrogen-bond acceptors (Lipinski definition) is 3. The van der Waals surface area contributed by atoms with Crippen molar-refractivity contribution in [2.24, 2.45) is 0 Å². The van der Waals surface area contributed by atoms with Gasteiger partial charge < -0.3 is 5.32 Å². The molecule has 1 N–H and O–H groups in total. The molecular formula is C14H23N3. The number of aromatic nitrogens is 1. The van der Waals surface area contributed by atoms with Crippen molar-refractivity contribution in [3.63, 3.8) is 0 Å². The number of nitrogens with zero attached hydrogens (tertiary/aromatic N) is 2. The molecule has 3 heteroatoms. The molecule has 0 unspecified atom stereocenters. The molecule has 17 heavy (non-hydrogen) atoms. The van der Waals surface area contributed by atoms with Crippen molar-refractivity contribution in [3.8, 4) is 0 Å². The van der Waals surface area contributed by atoms with Gasteiger partial charge in [0.2, 0.25) is 0 Å². The average molecular weight is 233 g/mol. The molecule has 0 saturated carbocycles. The Morgan fingerprint density at radius 3 is 2.59 bits per heavy atom. The molecule has 0 amide bonds. The van der Waals surface area contributed by atoms with E-state index in [0.29, 0.717) is 6.04 Å². The SMILES string of the molecule is C1CCNC1.CN1CCC[C@H]1c1cccnc1. The molecule has 94 valence electrons. The summed E-state index contributed by atoms with van der Waals surface area (Å²) in [5.74, 6) is 0. The van der Waals surface area contributed by atoms with Gasteiger partial charge in [-0.25, -0.2) is 0 Å². The Balaban J connectivity index is 0.000000181. The molecule has 3 nitrogen and oxygen atoms in total. The Labute approximate surface area is 104 Å². The zero-order chi connectivity index (χ0) is 11.9. The highest BCUT2D eigenvalue weighted by molar-refractivity contribution is 5.14. The van der Waals surface area contributed by atoms with E-state index in [-0.39, 0.29) is 0 Å². The maximum Gasteiger partial charge on any atom is 0.0360 e. The fourth-order valence-corrected chi connectivity index (χ4v) is 2.53. The standard InChI is InChI=1S/C10H14N2.C4H9N/c1-12-7-3-5-10(12)9-4-2-6-11-8-9;1-2-4-5-3-1/h2,4,6,8,10H,3,5,7H2,1H3;5H,1-4H2/t10-;/m0./s1. The van der Waals surface area contributed by atoms with E-state index in [1.54, 1.807) is 0 Å². The molecule has 2 aliphatic rings. The predicted molar refractivity (Wildman–Crippen MR) is 70.9 cm³/mol. The normalized spacial score (nSPS) is 24.4. The first kappa shape index (κ1) is 12.5. The molecule has 3 heterocycles. The lowest BCUT2D eigenvalue weighted by Crippen LogP contribution is -2.17. The van der Waals surface area contributed by atoms with Gasteiger partial charge in [-0.15, -0.1) is 0 Å². The zero-order valence-corrected chi connectivity index (χ0v) is 10.7. The Hall–Kier alpha value is -0.930. The molecule has 0 spiro atoms. The Kier molecular flexibility index (Phi) is 4.95. The van der Waals surface area contributed by atoms with Crippen LogP contribution in [0.4, 0.5) is 0 Å². The summed E-state index contributed by atoms with van der Waals surface area (Å²) in [5, 5.41) is 3.22. The van der Waals surface area contributed by atoms with E-state index in [0.717, 1.165) is 0 Å². The highest BCUT2D eigenvalue weighted by Gasteiger charge is 2.21. The molecule has 2 saturated heterocycles. The van der Waals surface area contributed by atoms with E-state index in [9.17, 15) is 0 Å². The monoisotopic (exact) mass is 233 g/mol. The van der Waals surface area contributed by atoms with Crippen LogP contribution in [-0.4, -0.2) is 36.6 Å². The fraction of sp³-hybridized carbons (Fsp3) is 0.643. The van der Waals surface area contributed by atoms with Gasteiger partial charge in [0.1, 0.15) is 0 Å². The molecule has 0 aromatic carbocycles. The zero-order valence-electron chi connectivity index (χ0n) is 10.7. The summed E-state index contributed by atoms with van der Waals surface area (Å²) < 4.78 is 0. The van der Waals surface area contributed by atoms with E-state index < -0.39 is 0 Å². The van der Waals surface area contributed by atoms with Crippen molar-refractivity contribution in [2.75, 3.05) is 26.7 Å². The van der Waals surface area contributed by atoms with E-state index in [4.69, 9.17) is 0 Å². The highest BCUT2D eigenvalue weighted by atomic mass is 15.1. The molecule has 1 atom stereocenters. The molecule has 1 aromatic rings. The lowest BCUT2D eigenvalue weighted by atomic mass is 10.1. The van der Waals surface area contributed by atoms with Crippen LogP contribution in [-0.2, 0) is 0 Å². The maximum absolute atomic E-state index is 4.14. The second-order valence-corrected chi connectivity index (χ2v) is 4.88. The van der Waals surface area contributed by atoms with Crippen molar-refractivity contribution >= 4 is 0 Å². The Bertz CT molecular complexity index is 301. The van der Waals surface area contributed by atoms with Gasteiger partial charge in [0.25, 0.3) is 0 Å². The van der Waals surface area contributed by atoms with E-state index >= 15 is 0 Å². The molecule has 1 aromatic heterocycles. The largest absolute Gasteiger partial charge is 0.317 e. The van der Waals surface area contributed by atoms with Gasteiger partial charge >= 0.3 is 0 Å². The third-order valence-electron chi connectivity index (χ3n) is 3.55. The number of hydrogen-bond donors (Lipinski definition) is 1. The van der Waals surface area contributed by atoms with Gasteiger partial charge in [0.15, 0.2) is 0 Å². The van der Waals surface area contributed by atoms with Crippen LogP contribution in [0.3, 0.4) is 0 Å². The second-order valence-electron chi connectivity index (χ2n) is 4.88. The van der Waals surface area contributed by atoms with Crippen molar-refractivity contribution in [1.82, 2.24) is 15.2 Å². The lowest BCUT2D eigenvalue weighted by Gasteiger charge is -2.18. The van der Waals surface area contributed by atoms with Crippen molar-refractivity contribution < 1.29 is 0 Å². The van der Waals surface area contributed by atoms with Crippen LogP contribution in [0.25, 0.3) is 0 Å². The molecule has 0 aliphatic carbocycles. The van der Waals surface area contributed by atoms with Crippen LogP contribution >= 0.6 is 0 Å². The predicted octanol–water partition coefficient (Wildman–Crippen LogP) is 2.22. The van der Waals surface area contributed by atoms with Crippen LogP contribution in [0, 0.1) is 0 Å². The smallest absolute Gasteiger partial charge is 0.0360 e. The van der Waals surface area contributed by atoms with Gasteiger partial charge in [-0.05, 0) is 64.0 Å². The highest BCUT2D eigenvalue weighted by Crippen LogP contribution is 2.29. The average Bonchev–Trinajstić information content (AvgIpc) is 3.03. The first-order chi connectivity index (χ1) is 8.38. The van der Waals surface area contributed by atoms with Gasteiger partial charge in [-0.2, -0.15) is 0 Å². The van der Waals surface area contributed by atoms with Crippen molar-refractivity contribution in [3.05, 3.63) is 30.1 Å². The summed E-state index contributed by atoms with van der Waals surface area (Å²) >= 11 is 0. The lowest BCUT2D eigenvalue weighted by molar-refractivity contribution is 0.317. The third kappa shape index (κ3) is 3.79. The van der Waals surface area contributed by atoms with E-state index in [2.05, 4.69) is 28.3 Å². The van der Waals surface area contributed by atoms with Gasteiger partial charge in [-0.1, -0.05) is 6.07 Å². The van der Waals surface area contributed by atoms with Crippen molar-refractivity contribution in [2.45, 2.75) is 31.7 Å². The number of rotatable bonds is 1. The summed E-state index contributed by atoms with van der Waals surface area (Å²) in [5.41, 5.74) is 1.36. The summed E-state index contributed by atoms with van der Waals surface area (Å²) in [7, 11) is 2.19. The van der Waals surface area contributed by atoms with Crippen LogP contribution < -0.4 is 5.32 Å². The van der Waals surface area contributed by atoms with E-state index in [1.165, 1.54) is 50.9 Å². The van der Waals surface area contributed by atoms with Crippen LogP contribution in [0.5, 0.6) is 0 Å². The minimum Gasteiger partial charge on any atom is -0.317 e. The van der Waals surface area contributed by atoms with Gasteiger partial charge in [-0.3, -0.25) is 9.88 Å². The molecular weight excluding hydrogens is 210 g/mol. The molecule has 2 fully saturated rings. The molecule has 2 aliphatic heterocycles. The third-order valence-corrected chi connectivity index (χ3v) is 3.55. The maximum atomic E-state index is 4.14. The van der Waals surface area contributed by atoms with Gasteiger partial charge in [0, 0.05) is 18.4 Å². The first-order valence-corrected chi connectivity index (χ1v) is 6.69. The quantitative estimate of drug-likeness (QED) is 0.806. The van der Waals surface area contributed by atoms with Crippen molar-refractivity contribution in [1.29, 1.82) is 0 Å². The summed E-state index contributed by atoms with van der Waals surface area (Å²) in [4.78, 5) is 6.54. The van der Waals surface area contributed by atoms with Crippen LogP contribution in [0.1, 0.15) is 37.3 Å². The van der Waals surface area contributed by atoms with E-state index in [1.807, 2.05) is 18.5 Å². The topological polar surface area (TPSA) is 28.2 Å². The minimum absolute atomic E-state index is 0.610. The molecule has 0 bridgehead atoms. The fourth-order valence-electron chi connectivity index (χ4n) is 2.53. The number of likely N-dealkylation sites (tertiary alicyclic amines) is 1. The molecule has 3 rings (SSSR count). The summed E-state index contributed by atoms with van der Waals surface area (Å²) in [6.07, 6.45) is 9.18. The molecule has 0 radical (unpaired) electrons. The minimum atomic E-state index is 0.610. The van der Waals surface area contributed by atoms with Crippen LogP contribution in [0.2, 0.25) is 0 Å². The summed E-state index contributed by atoms with van der Waals surface area (Å²) in [6, 6.07) is 4.79. The number of pyridine rings is 1. The second kappa shape index (κ2) is 6.72. The Morgan fingerprint density at radius 2 is 2.12 bits per heavy atom. The first-order valence-electron chi connectivity index (χ1n) is 6.69. The Morgan fingerprint density at radius 1 is 1.29 bits per heavy atom. The van der Waals surface area contributed by atoms with Gasteiger partial charge in [0.05, 0.1) is 0 Å².